The lowest BCUT2D eigenvalue weighted by Crippen LogP contribution is -2.56. The van der Waals surface area contributed by atoms with Gasteiger partial charge < -0.3 is 0 Å². The van der Waals surface area contributed by atoms with Gasteiger partial charge in [-0.25, -0.2) is 0 Å². The Bertz CT molecular complexity index is 952. The molecule has 1 heterocycles. The molecule has 31 heavy (non-hydrogen) atoms. The number of carbonyl (C=O) groups excluding carboxylic acids is 2. The zero-order valence-corrected chi connectivity index (χ0v) is 19.5. The first-order valence-electron chi connectivity index (χ1n) is 12.1. The molecule has 5 aliphatic rings. The number of hydrogen-bond donors (Lipinski definition) is 1. The van der Waals surface area contributed by atoms with Crippen LogP contribution in [0.5, 0.6) is 0 Å². The first-order chi connectivity index (χ1) is 14.9. The lowest BCUT2D eigenvalue weighted by atomic mass is 9.42. The van der Waals surface area contributed by atoms with Crippen LogP contribution in [0, 0.1) is 39.9 Å². The molecule has 6 atom stereocenters. The minimum absolute atomic E-state index is 0.140. The van der Waals surface area contributed by atoms with Gasteiger partial charge >= 0.3 is 0 Å². The largest absolute Gasteiger partial charge is 0.298 e. The number of H-pyrrole nitrogens is 1. The van der Waals surface area contributed by atoms with Crippen molar-refractivity contribution in [2.24, 2.45) is 39.9 Å². The molecule has 4 saturated carbocycles. The van der Waals surface area contributed by atoms with Gasteiger partial charge in [-0.05, 0) is 91.4 Å². The molecule has 6 unspecified atom stereocenters. The lowest BCUT2D eigenvalue weighted by molar-refractivity contribution is -0.135. The highest BCUT2D eigenvalue weighted by atomic mass is 32.2. The van der Waals surface area contributed by atoms with Crippen molar-refractivity contribution in [3.8, 4) is 0 Å². The molecule has 6 heteroatoms. The molecule has 1 aromatic heterocycles. The van der Waals surface area contributed by atoms with E-state index in [-0.39, 0.29) is 16.7 Å². The van der Waals surface area contributed by atoms with E-state index in [1.165, 1.54) is 49.4 Å². The van der Waals surface area contributed by atoms with Gasteiger partial charge in [-0.1, -0.05) is 31.2 Å². The molecule has 1 aromatic rings. The quantitative estimate of drug-likeness (QED) is 0.668. The van der Waals surface area contributed by atoms with Gasteiger partial charge in [0.1, 0.15) is 10.8 Å². The van der Waals surface area contributed by atoms with E-state index in [0.717, 1.165) is 36.6 Å². The smallest absolute Gasteiger partial charge is 0.155 e. The number of nitrogens with zero attached hydrogens (tertiary/aromatic N) is 2. The van der Waals surface area contributed by atoms with E-state index in [9.17, 15) is 9.59 Å². The van der Waals surface area contributed by atoms with Crippen LogP contribution in [0.1, 0.15) is 71.6 Å². The SMILES string of the molecule is CC12CCC(=O)C=C1CCC1C2C2(CC2)CC2(C)C(C(=O)CSc3cn[nH]n3)CCC12. The topological polar surface area (TPSA) is 75.7 Å². The Labute approximate surface area is 188 Å². The number of ketones is 2. The predicted molar refractivity (Wildman–Crippen MR) is 119 cm³/mol. The van der Waals surface area contributed by atoms with E-state index < -0.39 is 0 Å². The van der Waals surface area contributed by atoms with Crippen LogP contribution in [0.25, 0.3) is 0 Å². The zero-order valence-electron chi connectivity index (χ0n) is 18.7. The van der Waals surface area contributed by atoms with E-state index in [1.54, 1.807) is 6.20 Å². The van der Waals surface area contributed by atoms with Crippen LogP contribution in [0.3, 0.4) is 0 Å². The van der Waals surface area contributed by atoms with Crippen molar-refractivity contribution in [2.75, 3.05) is 5.75 Å². The first-order valence-corrected chi connectivity index (χ1v) is 13.1. The standard InChI is InChI=1S/C25H33N3O2S/c1-23-8-7-16(29)11-15(23)3-4-17-18-5-6-19(20(30)13-31-21-12-26-28-27-21)24(18,2)14-25(9-10-25)22(17)23/h11-12,17-19,22H,3-10,13-14H2,1-2H3,(H,26,27,28). The zero-order chi connectivity index (χ0) is 21.4. The Hall–Kier alpha value is -1.43. The molecule has 0 saturated heterocycles. The average molecular weight is 440 g/mol. The summed E-state index contributed by atoms with van der Waals surface area (Å²) in [6.07, 6.45) is 13.9. The van der Waals surface area contributed by atoms with E-state index in [0.29, 0.717) is 34.6 Å². The van der Waals surface area contributed by atoms with Crippen LogP contribution in [-0.2, 0) is 9.59 Å². The summed E-state index contributed by atoms with van der Waals surface area (Å²) in [5.41, 5.74) is 2.21. The summed E-state index contributed by atoms with van der Waals surface area (Å²) < 4.78 is 0. The van der Waals surface area contributed by atoms with Crippen LogP contribution < -0.4 is 0 Å². The number of Topliss-reactive ketones (excluding diaryl/α,β-unsaturated/α-hetero) is 1. The molecule has 5 nitrogen and oxygen atoms in total. The minimum atomic E-state index is 0.140. The fourth-order valence-corrected chi connectivity index (χ4v) is 9.71. The second-order valence-corrected chi connectivity index (χ2v) is 12.6. The van der Waals surface area contributed by atoms with Crippen LogP contribution in [0.15, 0.2) is 22.9 Å². The number of fused-ring (bicyclic) bond motifs is 6. The van der Waals surface area contributed by atoms with E-state index in [4.69, 9.17) is 0 Å². The van der Waals surface area contributed by atoms with Crippen LogP contribution >= 0.6 is 11.8 Å². The van der Waals surface area contributed by atoms with Gasteiger partial charge in [0.25, 0.3) is 0 Å². The van der Waals surface area contributed by atoms with Crippen LogP contribution in [0.2, 0.25) is 0 Å². The summed E-state index contributed by atoms with van der Waals surface area (Å²) >= 11 is 1.52. The van der Waals surface area contributed by atoms with Gasteiger partial charge in [-0.2, -0.15) is 10.3 Å². The van der Waals surface area contributed by atoms with Gasteiger partial charge in [0.15, 0.2) is 5.78 Å². The van der Waals surface area contributed by atoms with E-state index >= 15 is 0 Å². The van der Waals surface area contributed by atoms with Crippen LogP contribution in [0.4, 0.5) is 0 Å². The number of rotatable bonds is 4. The Kier molecular flexibility index (Phi) is 4.42. The number of hydrogen-bond acceptors (Lipinski definition) is 5. The second-order valence-electron chi connectivity index (χ2n) is 11.6. The fraction of sp³-hybridized carbons (Fsp3) is 0.760. The minimum Gasteiger partial charge on any atom is -0.298 e. The highest BCUT2D eigenvalue weighted by Crippen LogP contribution is 2.77. The van der Waals surface area contributed by atoms with Gasteiger partial charge in [0, 0.05) is 12.3 Å². The number of allylic oxidation sites excluding steroid dienone is 1. The van der Waals surface area contributed by atoms with Crippen molar-refractivity contribution >= 4 is 23.3 Å². The number of nitrogens with one attached hydrogen (secondary N) is 1. The molecule has 6 rings (SSSR count). The van der Waals surface area contributed by atoms with Crippen molar-refractivity contribution < 1.29 is 9.59 Å². The molecular weight excluding hydrogens is 406 g/mol. The Balaban J connectivity index is 1.29. The van der Waals surface area contributed by atoms with Gasteiger partial charge in [0.2, 0.25) is 0 Å². The third-order valence-corrected chi connectivity index (χ3v) is 11.1. The monoisotopic (exact) mass is 439 g/mol. The number of carbonyl (C=O) groups is 2. The average Bonchev–Trinajstić information content (AvgIpc) is 3.13. The normalized spacial score (nSPS) is 42.5. The molecule has 1 spiro atoms. The highest BCUT2D eigenvalue weighted by Gasteiger charge is 2.70. The second kappa shape index (κ2) is 6.79. The van der Waals surface area contributed by atoms with E-state index in [2.05, 4.69) is 29.3 Å². The summed E-state index contributed by atoms with van der Waals surface area (Å²) in [6.45, 7) is 4.94. The third-order valence-electron chi connectivity index (χ3n) is 10.2. The molecule has 1 N–H and O–H groups in total. The van der Waals surface area contributed by atoms with Crippen molar-refractivity contribution in [1.82, 2.24) is 15.4 Å². The number of aromatic nitrogens is 3. The summed E-state index contributed by atoms with van der Waals surface area (Å²) in [6, 6.07) is 0. The van der Waals surface area contributed by atoms with Crippen molar-refractivity contribution in [3.63, 3.8) is 0 Å². The molecular formula is C25H33N3O2S. The molecule has 4 fully saturated rings. The third kappa shape index (κ3) is 2.89. The molecule has 0 amide bonds. The Morgan fingerprint density at radius 2 is 2.03 bits per heavy atom. The predicted octanol–water partition coefficient (Wildman–Crippen LogP) is 5.00. The maximum atomic E-state index is 13.4. The number of thioether (sulfide) groups is 1. The Morgan fingerprint density at radius 1 is 1.19 bits per heavy atom. The van der Waals surface area contributed by atoms with Crippen molar-refractivity contribution in [2.45, 2.75) is 76.7 Å². The lowest BCUT2D eigenvalue weighted by Gasteiger charge is -2.61. The summed E-state index contributed by atoms with van der Waals surface area (Å²) in [7, 11) is 0. The van der Waals surface area contributed by atoms with Crippen LogP contribution in [-0.4, -0.2) is 32.7 Å². The first kappa shape index (κ1) is 20.2. The molecule has 0 bridgehead atoms. The molecule has 166 valence electrons. The van der Waals surface area contributed by atoms with Gasteiger partial charge in [-0.15, -0.1) is 5.10 Å². The van der Waals surface area contributed by atoms with Gasteiger partial charge in [0.05, 0.1) is 11.9 Å². The highest BCUT2D eigenvalue weighted by molar-refractivity contribution is 7.99. The molecule has 5 aliphatic carbocycles. The number of aromatic amines is 1. The maximum absolute atomic E-state index is 13.4. The molecule has 0 aromatic carbocycles. The summed E-state index contributed by atoms with van der Waals surface area (Å²) in [5, 5.41) is 11.4. The summed E-state index contributed by atoms with van der Waals surface area (Å²) in [5.74, 6) is 3.54. The molecule has 0 aliphatic heterocycles. The Morgan fingerprint density at radius 3 is 2.77 bits per heavy atom. The maximum Gasteiger partial charge on any atom is 0.155 e. The van der Waals surface area contributed by atoms with Gasteiger partial charge in [-0.3, -0.25) is 9.59 Å². The fourth-order valence-electron chi connectivity index (χ4n) is 8.99. The van der Waals surface area contributed by atoms with Crippen molar-refractivity contribution in [1.29, 1.82) is 0 Å². The molecule has 0 radical (unpaired) electrons. The van der Waals surface area contributed by atoms with E-state index in [1.807, 2.05) is 6.08 Å². The summed E-state index contributed by atoms with van der Waals surface area (Å²) in [4.78, 5) is 25.6. The van der Waals surface area contributed by atoms with Crippen molar-refractivity contribution in [3.05, 3.63) is 17.8 Å².